The van der Waals surface area contributed by atoms with E-state index in [2.05, 4.69) is 331 Å². The number of aromatic nitrogens is 2. The normalized spacial score (nSPS) is 12.4. The van der Waals surface area contributed by atoms with Crippen molar-refractivity contribution in [3.8, 4) is 67.2 Å². The molecule has 16 aromatic rings. The van der Waals surface area contributed by atoms with Gasteiger partial charge >= 0.3 is 0 Å². The molecule has 1 aromatic heterocycles. The van der Waals surface area contributed by atoms with E-state index in [9.17, 15) is 0 Å². The minimum Gasteiger partial charge on any atom is -0.311 e. The van der Waals surface area contributed by atoms with Crippen molar-refractivity contribution in [2.45, 2.75) is 0 Å². The van der Waals surface area contributed by atoms with Crippen LogP contribution in [0.5, 0.6) is 0 Å². The maximum absolute atomic E-state index is 5.72. The summed E-state index contributed by atoms with van der Waals surface area (Å²) in [4.78, 5) is 16.6. The molecule has 0 saturated heterocycles. The number of fused-ring (bicyclic) bond motifs is 11. The zero-order chi connectivity index (χ0) is 58.5. The molecule has 0 atom stereocenters. The van der Waals surface area contributed by atoms with Crippen LogP contribution in [0.1, 0.15) is 0 Å². The van der Waals surface area contributed by atoms with E-state index in [0.29, 0.717) is 5.82 Å². The van der Waals surface area contributed by atoms with Crippen LogP contribution in [0, 0.1) is 0 Å². The Bertz CT molecular complexity index is 5110. The quantitative estimate of drug-likeness (QED) is 0.112. The SMILES string of the molecule is c1ccc(-c2cc(-c3ccccc3)cc(N3c4cc(-c5nc(-c6ccccc6)c6ccccc6n5)cc5c4B(c4ccc6cc7ccccc7cc6c43)c3ccc4cc6ccccc6cc4c3N5c3cc(-c4ccccc4)cc(-c4ccccc4)c3)c2)cc1. The van der Waals surface area contributed by atoms with Crippen molar-refractivity contribution in [3.05, 3.63) is 322 Å². The van der Waals surface area contributed by atoms with Crippen molar-refractivity contribution in [2.75, 3.05) is 9.80 Å². The Kier molecular flexibility index (Phi) is 11.7. The van der Waals surface area contributed by atoms with E-state index in [0.717, 1.165) is 106 Å². The van der Waals surface area contributed by atoms with Crippen LogP contribution in [-0.2, 0) is 0 Å². The van der Waals surface area contributed by atoms with Crippen molar-refractivity contribution in [1.82, 2.24) is 9.97 Å². The minimum absolute atomic E-state index is 0.215. The van der Waals surface area contributed by atoms with Crippen LogP contribution >= 0.6 is 0 Å². The first kappa shape index (κ1) is 50.6. The number of hydrogen-bond donors (Lipinski definition) is 0. The molecule has 0 unspecified atom stereocenters. The van der Waals surface area contributed by atoms with E-state index < -0.39 is 0 Å². The van der Waals surface area contributed by atoms with Crippen molar-refractivity contribution in [3.63, 3.8) is 0 Å². The van der Waals surface area contributed by atoms with Crippen molar-refractivity contribution >= 4 is 111 Å². The van der Waals surface area contributed by atoms with Gasteiger partial charge in [-0.25, -0.2) is 9.97 Å². The number of rotatable bonds is 8. The highest BCUT2D eigenvalue weighted by Crippen LogP contribution is 2.52. The zero-order valence-corrected chi connectivity index (χ0v) is 48.5. The maximum Gasteiger partial charge on any atom is 0.252 e. The smallest absolute Gasteiger partial charge is 0.252 e. The van der Waals surface area contributed by atoms with Crippen LogP contribution in [-0.4, -0.2) is 16.7 Å². The second-order valence-electron chi connectivity index (χ2n) is 23.7. The van der Waals surface area contributed by atoms with E-state index in [1.807, 2.05) is 0 Å². The summed E-state index contributed by atoms with van der Waals surface area (Å²) in [5.74, 6) is 0.647. The van der Waals surface area contributed by atoms with E-state index in [1.165, 1.54) is 59.5 Å². The fraction of sp³-hybridized carbons (Fsp3) is 0. The number of hydrogen-bond acceptors (Lipinski definition) is 4. The van der Waals surface area contributed by atoms with Gasteiger partial charge < -0.3 is 9.80 Å². The topological polar surface area (TPSA) is 32.3 Å². The van der Waals surface area contributed by atoms with Crippen LogP contribution in [0.3, 0.4) is 0 Å². The van der Waals surface area contributed by atoms with E-state index in [1.54, 1.807) is 0 Å². The van der Waals surface area contributed by atoms with Gasteiger partial charge in [0, 0.05) is 61.4 Å². The van der Waals surface area contributed by atoms with Gasteiger partial charge in [-0.2, -0.15) is 0 Å². The molecule has 2 aliphatic rings. The highest BCUT2D eigenvalue weighted by Gasteiger charge is 2.45. The Hall–Kier alpha value is -11.7. The van der Waals surface area contributed by atoms with Gasteiger partial charge in [0.1, 0.15) is 0 Å². The number of benzene rings is 15. The van der Waals surface area contributed by atoms with Crippen molar-refractivity contribution in [2.24, 2.45) is 0 Å². The molecule has 89 heavy (non-hydrogen) atoms. The molecule has 18 rings (SSSR count). The molecule has 15 aromatic carbocycles. The van der Waals surface area contributed by atoms with Crippen molar-refractivity contribution < 1.29 is 0 Å². The summed E-state index contributed by atoms with van der Waals surface area (Å²) in [6.07, 6.45) is 0. The third-order valence-corrected chi connectivity index (χ3v) is 18.4. The Morgan fingerprint density at radius 1 is 0.247 bits per heavy atom. The Balaban J connectivity index is 1.03. The summed E-state index contributed by atoms with van der Waals surface area (Å²) in [5.41, 5.74) is 23.0. The summed E-state index contributed by atoms with van der Waals surface area (Å²) in [7, 11) is 0. The first-order valence-corrected chi connectivity index (χ1v) is 30.6. The van der Waals surface area contributed by atoms with Gasteiger partial charge in [-0.15, -0.1) is 0 Å². The molecule has 0 aliphatic carbocycles. The molecule has 0 bridgehead atoms. The van der Waals surface area contributed by atoms with Gasteiger partial charge in [-0.05, 0) is 172 Å². The average Bonchev–Trinajstić information content (AvgIpc) is 0.848. The maximum atomic E-state index is 5.72. The number of anilines is 6. The lowest BCUT2D eigenvalue weighted by atomic mass is 9.33. The molecular weight excluding hydrogens is 1080 g/mol. The zero-order valence-electron chi connectivity index (χ0n) is 48.5. The molecule has 0 spiro atoms. The molecule has 5 heteroatoms. The lowest BCUT2D eigenvalue weighted by Gasteiger charge is -2.45. The third kappa shape index (κ3) is 8.46. The number of para-hydroxylation sites is 1. The molecule has 412 valence electrons. The highest BCUT2D eigenvalue weighted by atomic mass is 15.2. The molecule has 3 heterocycles. The molecule has 2 aliphatic heterocycles. The summed E-state index contributed by atoms with van der Waals surface area (Å²) in [6, 6.07) is 119. The Labute approximate surface area is 516 Å². The van der Waals surface area contributed by atoms with Gasteiger partial charge in [-0.1, -0.05) is 243 Å². The summed E-state index contributed by atoms with van der Waals surface area (Å²) in [5, 5.41) is 10.5. The van der Waals surface area contributed by atoms with Crippen LogP contribution in [0.25, 0.3) is 121 Å². The molecule has 0 radical (unpaired) electrons. The molecule has 0 N–H and O–H groups in total. The fourth-order valence-electron chi connectivity index (χ4n) is 14.4. The Morgan fingerprint density at radius 2 is 0.618 bits per heavy atom. The van der Waals surface area contributed by atoms with Crippen molar-refractivity contribution in [1.29, 1.82) is 0 Å². The lowest BCUT2D eigenvalue weighted by Crippen LogP contribution is -2.61. The van der Waals surface area contributed by atoms with Gasteiger partial charge in [0.2, 0.25) is 0 Å². The average molecular weight is 1130 g/mol. The molecular formula is C84H53BN4. The molecule has 0 saturated carbocycles. The molecule has 0 fully saturated rings. The number of nitrogens with zero attached hydrogens (tertiary/aromatic N) is 4. The predicted molar refractivity (Wildman–Crippen MR) is 376 cm³/mol. The van der Waals surface area contributed by atoms with Gasteiger partial charge in [0.15, 0.2) is 5.82 Å². The van der Waals surface area contributed by atoms with Gasteiger partial charge in [0.25, 0.3) is 6.71 Å². The summed E-state index contributed by atoms with van der Waals surface area (Å²) >= 11 is 0. The largest absolute Gasteiger partial charge is 0.311 e. The first-order chi connectivity index (χ1) is 44.1. The Morgan fingerprint density at radius 3 is 1.04 bits per heavy atom. The fourth-order valence-corrected chi connectivity index (χ4v) is 14.4. The third-order valence-electron chi connectivity index (χ3n) is 18.4. The van der Waals surface area contributed by atoms with E-state index >= 15 is 0 Å². The molecule has 4 nitrogen and oxygen atoms in total. The summed E-state index contributed by atoms with van der Waals surface area (Å²) in [6.45, 7) is -0.215. The van der Waals surface area contributed by atoms with Crippen LogP contribution < -0.4 is 26.2 Å². The minimum atomic E-state index is -0.215. The molecule has 0 amide bonds. The second kappa shape index (κ2) is 20.5. The lowest BCUT2D eigenvalue weighted by molar-refractivity contribution is 1.21. The summed E-state index contributed by atoms with van der Waals surface area (Å²) < 4.78 is 0. The van der Waals surface area contributed by atoms with Gasteiger partial charge in [-0.3, -0.25) is 0 Å². The highest BCUT2D eigenvalue weighted by molar-refractivity contribution is 7.00. The predicted octanol–water partition coefficient (Wildman–Crippen LogP) is 20.3. The van der Waals surface area contributed by atoms with Gasteiger partial charge in [0.05, 0.1) is 11.2 Å². The second-order valence-corrected chi connectivity index (χ2v) is 23.7. The van der Waals surface area contributed by atoms with Crippen LogP contribution in [0.4, 0.5) is 34.1 Å². The monoisotopic (exact) mass is 1130 g/mol. The van der Waals surface area contributed by atoms with E-state index in [4.69, 9.17) is 9.97 Å². The standard InChI is InChI=1S/C84H53BN4/c1-6-22-54(23-7-1)65-44-66(55-24-8-2-9-25-55)47-70(46-65)88-78-52-69(84-86-77-37-21-20-36-72(77)81(87-84)58-30-14-5-15-31-58)53-79-80(78)85(75-40-38-63-42-59-32-16-18-34-61(59)50-73(63)82(75)88)76-41-39-64-43-60-33-17-19-35-62(60)51-74(64)83(76)89(79)71-48-67(56-26-10-3-11-27-56)45-68(49-71)57-28-12-4-13-29-57/h1-53H. The van der Waals surface area contributed by atoms with Crippen LogP contribution in [0.2, 0.25) is 0 Å². The van der Waals surface area contributed by atoms with Crippen LogP contribution in [0.15, 0.2) is 322 Å². The first-order valence-electron chi connectivity index (χ1n) is 30.6. The van der Waals surface area contributed by atoms with E-state index in [-0.39, 0.29) is 6.71 Å².